The molecule has 0 aliphatic rings. The molecule has 0 bridgehead atoms. The lowest BCUT2D eigenvalue weighted by molar-refractivity contribution is 1.06. The van der Waals surface area contributed by atoms with Crippen LogP contribution in [-0.2, 0) is 0 Å². The Bertz CT molecular complexity index is 878. The first kappa shape index (κ1) is 14.3. The molecule has 1 aromatic heterocycles. The lowest BCUT2D eigenvalue weighted by Crippen LogP contribution is -1.96. The summed E-state index contributed by atoms with van der Waals surface area (Å²) in [6, 6.07) is 14.7. The zero-order valence-electron chi connectivity index (χ0n) is 11.8. The van der Waals surface area contributed by atoms with E-state index >= 15 is 0 Å². The average molecular weight is 313 g/mol. The van der Waals surface area contributed by atoms with Crippen molar-refractivity contribution >= 4 is 23.0 Å². The molecule has 0 spiro atoms. The van der Waals surface area contributed by atoms with Crippen LogP contribution in [0.15, 0.2) is 63.6 Å². The van der Waals surface area contributed by atoms with Crippen LogP contribution >= 0.6 is 11.6 Å². The van der Waals surface area contributed by atoms with Gasteiger partial charge in [-0.3, -0.25) is 15.0 Å². The van der Waals surface area contributed by atoms with Crippen molar-refractivity contribution in [2.75, 3.05) is 0 Å². The Morgan fingerprint density at radius 3 is 2.50 bits per heavy atom. The van der Waals surface area contributed by atoms with E-state index in [0.29, 0.717) is 16.4 Å². The van der Waals surface area contributed by atoms with Gasteiger partial charge in [-0.25, -0.2) is 0 Å². The van der Waals surface area contributed by atoms with Crippen LogP contribution < -0.4 is 5.56 Å². The van der Waals surface area contributed by atoms with Crippen LogP contribution in [0, 0.1) is 6.92 Å². The molecule has 5 nitrogen and oxygen atoms in total. The molecule has 0 unspecified atom stereocenters. The molecule has 0 saturated heterocycles. The van der Waals surface area contributed by atoms with Crippen molar-refractivity contribution in [3.63, 3.8) is 0 Å². The number of nitrogens with one attached hydrogen (secondary N) is 2. The first-order valence-electron chi connectivity index (χ1n) is 6.68. The van der Waals surface area contributed by atoms with E-state index in [1.807, 2.05) is 43.3 Å². The monoisotopic (exact) mass is 312 g/mol. The summed E-state index contributed by atoms with van der Waals surface area (Å²) in [5.74, 6) is 0. The van der Waals surface area contributed by atoms with Gasteiger partial charge in [-0.1, -0.05) is 35.9 Å². The maximum Gasteiger partial charge on any atom is 0.292 e. The van der Waals surface area contributed by atoms with Crippen molar-refractivity contribution < 1.29 is 0 Å². The van der Waals surface area contributed by atoms with E-state index in [0.717, 1.165) is 11.1 Å². The number of rotatable bonds is 3. The minimum absolute atomic E-state index is 0.240. The zero-order valence-corrected chi connectivity index (χ0v) is 12.6. The van der Waals surface area contributed by atoms with Gasteiger partial charge in [0.05, 0.1) is 11.4 Å². The van der Waals surface area contributed by atoms with Gasteiger partial charge < -0.3 is 0 Å². The SMILES string of the molecule is Cc1cccc(N=Nc2c(-c3ccc(Cl)cc3)[nH][nH]c2=O)c1. The fourth-order valence-electron chi connectivity index (χ4n) is 2.07. The molecule has 0 atom stereocenters. The summed E-state index contributed by atoms with van der Waals surface area (Å²) in [4.78, 5) is 11.9. The molecule has 2 aromatic carbocycles. The molecule has 110 valence electrons. The summed E-state index contributed by atoms with van der Waals surface area (Å²) in [6.45, 7) is 1.97. The number of halogens is 1. The van der Waals surface area contributed by atoms with E-state index in [-0.39, 0.29) is 11.2 Å². The van der Waals surface area contributed by atoms with Crippen molar-refractivity contribution in [2.45, 2.75) is 6.92 Å². The number of aromatic amines is 2. The van der Waals surface area contributed by atoms with Crippen LogP contribution in [0.25, 0.3) is 11.3 Å². The summed E-state index contributed by atoms with van der Waals surface area (Å²) < 4.78 is 0. The second-order valence-corrected chi connectivity index (χ2v) is 5.29. The summed E-state index contributed by atoms with van der Waals surface area (Å²) in [5, 5.41) is 14.2. The summed E-state index contributed by atoms with van der Waals surface area (Å²) in [5.41, 5.74) is 3.09. The van der Waals surface area contributed by atoms with E-state index in [1.54, 1.807) is 12.1 Å². The van der Waals surface area contributed by atoms with Crippen LogP contribution in [-0.4, -0.2) is 10.2 Å². The fourth-order valence-corrected chi connectivity index (χ4v) is 2.20. The largest absolute Gasteiger partial charge is 0.295 e. The lowest BCUT2D eigenvalue weighted by Gasteiger charge is -1.99. The third kappa shape index (κ3) is 2.99. The van der Waals surface area contributed by atoms with Crippen molar-refractivity contribution in [2.24, 2.45) is 10.2 Å². The van der Waals surface area contributed by atoms with E-state index in [9.17, 15) is 4.79 Å². The molecule has 0 fully saturated rings. The Balaban J connectivity index is 1.99. The molecule has 0 saturated carbocycles. The average Bonchev–Trinajstić information content (AvgIpc) is 2.87. The number of aromatic nitrogens is 2. The number of benzene rings is 2. The maximum absolute atomic E-state index is 11.9. The van der Waals surface area contributed by atoms with Gasteiger partial charge in [-0.2, -0.15) is 5.11 Å². The van der Waals surface area contributed by atoms with Crippen molar-refractivity contribution in [1.82, 2.24) is 10.2 Å². The van der Waals surface area contributed by atoms with Gasteiger partial charge in [0, 0.05) is 10.6 Å². The number of aryl methyl sites for hydroxylation is 1. The predicted molar refractivity (Wildman–Crippen MR) is 87.2 cm³/mol. The summed E-state index contributed by atoms with van der Waals surface area (Å²) in [7, 11) is 0. The van der Waals surface area contributed by atoms with Crippen LogP contribution in [0.3, 0.4) is 0 Å². The Morgan fingerprint density at radius 2 is 1.77 bits per heavy atom. The maximum atomic E-state index is 11.9. The molecule has 0 aliphatic carbocycles. The van der Waals surface area contributed by atoms with E-state index in [4.69, 9.17) is 11.6 Å². The van der Waals surface area contributed by atoms with E-state index in [2.05, 4.69) is 20.4 Å². The van der Waals surface area contributed by atoms with E-state index < -0.39 is 0 Å². The van der Waals surface area contributed by atoms with Crippen LogP contribution in [0.2, 0.25) is 5.02 Å². The highest BCUT2D eigenvalue weighted by Gasteiger charge is 2.11. The molecule has 3 aromatic rings. The standard InChI is InChI=1S/C16H13ClN4O/c1-10-3-2-4-13(9-10)18-20-15-14(19-21-16(15)22)11-5-7-12(17)8-6-11/h2-9H,1H3,(H2,19,21,22). The molecule has 6 heteroatoms. The van der Waals surface area contributed by atoms with Gasteiger partial charge in [0.15, 0.2) is 5.69 Å². The van der Waals surface area contributed by atoms with Crippen molar-refractivity contribution in [3.8, 4) is 11.3 Å². The molecule has 3 rings (SSSR count). The van der Waals surface area contributed by atoms with E-state index in [1.165, 1.54) is 0 Å². The van der Waals surface area contributed by atoms with Gasteiger partial charge in [-0.15, -0.1) is 5.11 Å². The minimum Gasteiger partial charge on any atom is -0.295 e. The molecule has 22 heavy (non-hydrogen) atoms. The molecule has 0 radical (unpaired) electrons. The van der Waals surface area contributed by atoms with Crippen molar-refractivity contribution in [1.29, 1.82) is 0 Å². The summed E-state index contributed by atoms with van der Waals surface area (Å²) >= 11 is 5.88. The Morgan fingerprint density at radius 1 is 1.00 bits per heavy atom. The predicted octanol–water partition coefficient (Wildman–Crippen LogP) is 4.75. The molecule has 1 heterocycles. The van der Waals surface area contributed by atoms with Gasteiger partial charge in [0.1, 0.15) is 0 Å². The van der Waals surface area contributed by atoms with Crippen LogP contribution in [0.5, 0.6) is 0 Å². The normalized spacial score (nSPS) is 11.2. The van der Waals surface area contributed by atoms with Gasteiger partial charge in [-0.05, 0) is 36.8 Å². The zero-order chi connectivity index (χ0) is 15.5. The molecular formula is C16H13ClN4O. The molecular weight excluding hydrogens is 300 g/mol. The molecule has 2 N–H and O–H groups in total. The third-order valence-corrected chi connectivity index (χ3v) is 3.40. The Hall–Kier alpha value is -2.66. The Labute approximate surface area is 131 Å². The number of nitrogens with zero attached hydrogens (tertiary/aromatic N) is 2. The minimum atomic E-state index is -0.318. The molecule has 0 amide bonds. The number of H-pyrrole nitrogens is 2. The van der Waals surface area contributed by atoms with Gasteiger partial charge >= 0.3 is 0 Å². The third-order valence-electron chi connectivity index (χ3n) is 3.15. The second-order valence-electron chi connectivity index (χ2n) is 4.85. The second kappa shape index (κ2) is 5.99. The van der Waals surface area contributed by atoms with Crippen LogP contribution in [0.4, 0.5) is 11.4 Å². The number of hydrogen-bond donors (Lipinski definition) is 2. The van der Waals surface area contributed by atoms with Crippen molar-refractivity contribution in [3.05, 3.63) is 69.5 Å². The highest BCUT2D eigenvalue weighted by atomic mass is 35.5. The lowest BCUT2D eigenvalue weighted by atomic mass is 10.1. The van der Waals surface area contributed by atoms with Gasteiger partial charge in [0.25, 0.3) is 5.56 Å². The number of azo groups is 1. The highest BCUT2D eigenvalue weighted by Crippen LogP contribution is 2.27. The van der Waals surface area contributed by atoms with Crippen LogP contribution in [0.1, 0.15) is 5.56 Å². The first-order chi connectivity index (χ1) is 10.6. The number of hydrogen-bond acceptors (Lipinski definition) is 3. The Kier molecular flexibility index (Phi) is 3.89. The van der Waals surface area contributed by atoms with Gasteiger partial charge in [0.2, 0.25) is 0 Å². The molecule has 0 aliphatic heterocycles. The fraction of sp³-hybridized carbons (Fsp3) is 0.0625. The first-order valence-corrected chi connectivity index (χ1v) is 7.06. The topological polar surface area (TPSA) is 73.4 Å². The smallest absolute Gasteiger partial charge is 0.292 e. The summed E-state index contributed by atoms with van der Waals surface area (Å²) in [6.07, 6.45) is 0. The quantitative estimate of drug-likeness (QED) is 0.673. The highest BCUT2D eigenvalue weighted by molar-refractivity contribution is 6.30.